The van der Waals surface area contributed by atoms with Gasteiger partial charge in [0.2, 0.25) is 0 Å². The molecule has 0 radical (unpaired) electrons. The zero-order valence-electron chi connectivity index (χ0n) is 9.73. The van der Waals surface area contributed by atoms with E-state index in [1.54, 1.807) is 24.3 Å². The van der Waals surface area contributed by atoms with Crippen LogP contribution >= 0.6 is 50.5 Å². The maximum Gasteiger partial charge on any atom is 0.265 e. The first kappa shape index (κ1) is 16.1. The van der Waals surface area contributed by atoms with E-state index in [2.05, 4.69) is 20.7 Å². The number of nitrogens with one attached hydrogen (secondary N) is 1. The Kier molecular flexibility index (Phi) is 4.99. The van der Waals surface area contributed by atoms with Crippen molar-refractivity contribution in [1.29, 1.82) is 0 Å². The summed E-state index contributed by atoms with van der Waals surface area (Å²) in [6.07, 6.45) is 0. The molecule has 0 spiro atoms. The van der Waals surface area contributed by atoms with Crippen molar-refractivity contribution in [2.24, 2.45) is 0 Å². The molecule has 108 valence electrons. The third kappa shape index (κ3) is 3.29. The molecule has 0 fully saturated rings. The third-order valence-corrected chi connectivity index (χ3v) is 7.23. The van der Waals surface area contributed by atoms with Gasteiger partial charge in [-0.15, -0.1) is 11.3 Å². The summed E-state index contributed by atoms with van der Waals surface area (Å²) in [5, 5.41) is 8.94. The highest BCUT2D eigenvalue weighted by atomic mass is 79.9. The smallest absolute Gasteiger partial charge is 0.265 e. The summed E-state index contributed by atoms with van der Waals surface area (Å²) >= 11 is 15.8. The van der Waals surface area contributed by atoms with Gasteiger partial charge in [-0.2, -0.15) is 0 Å². The van der Waals surface area contributed by atoms with E-state index in [1.165, 1.54) is 0 Å². The molecule has 0 bridgehead atoms. The summed E-state index contributed by atoms with van der Waals surface area (Å²) in [6.45, 7) is -0.107. The molecule has 0 saturated carbocycles. The van der Waals surface area contributed by atoms with Crippen LogP contribution in [0.2, 0.25) is 8.67 Å². The number of rotatable bonds is 4. The molecule has 0 atom stereocenters. The van der Waals surface area contributed by atoms with Crippen molar-refractivity contribution >= 4 is 66.2 Å². The van der Waals surface area contributed by atoms with Crippen molar-refractivity contribution in [2.75, 3.05) is 4.72 Å². The van der Waals surface area contributed by atoms with Crippen LogP contribution in [0.15, 0.2) is 33.6 Å². The Morgan fingerprint density at radius 1 is 1.20 bits per heavy atom. The van der Waals surface area contributed by atoms with Crippen molar-refractivity contribution in [3.63, 3.8) is 0 Å². The highest BCUT2D eigenvalue weighted by Gasteiger charge is 2.26. The first-order valence-corrected chi connectivity index (χ1v) is 9.06. The maximum absolute atomic E-state index is 12.3. The monoisotopic (exact) mass is 415 g/mol. The number of anilines is 1. The van der Waals surface area contributed by atoms with Gasteiger partial charge < -0.3 is 5.11 Å². The van der Waals surface area contributed by atoms with Crippen LogP contribution in [-0.4, -0.2) is 13.5 Å². The maximum atomic E-state index is 12.3. The fourth-order valence-electron chi connectivity index (χ4n) is 1.45. The highest BCUT2D eigenvalue weighted by Crippen LogP contribution is 2.43. The molecule has 0 unspecified atom stereocenters. The molecule has 20 heavy (non-hydrogen) atoms. The Morgan fingerprint density at radius 2 is 1.80 bits per heavy atom. The van der Waals surface area contributed by atoms with Crippen molar-refractivity contribution in [1.82, 2.24) is 0 Å². The van der Waals surface area contributed by atoms with E-state index in [0.29, 0.717) is 11.3 Å². The van der Waals surface area contributed by atoms with Gasteiger partial charge in [0.25, 0.3) is 10.0 Å². The van der Waals surface area contributed by atoms with Crippen LogP contribution in [0.4, 0.5) is 5.69 Å². The van der Waals surface area contributed by atoms with Crippen LogP contribution < -0.4 is 4.72 Å². The SMILES string of the molecule is O=S(=O)(Nc1ccc(CO)cc1)c1c(Cl)sc(Cl)c1Br. The quantitative estimate of drug-likeness (QED) is 0.787. The van der Waals surface area contributed by atoms with E-state index in [-0.39, 0.29) is 24.6 Å². The number of hydrogen-bond acceptors (Lipinski definition) is 4. The van der Waals surface area contributed by atoms with Gasteiger partial charge >= 0.3 is 0 Å². The zero-order chi connectivity index (χ0) is 14.9. The Labute approximate surface area is 138 Å². The van der Waals surface area contributed by atoms with Crippen molar-refractivity contribution in [2.45, 2.75) is 11.5 Å². The molecular formula is C11H8BrCl2NO3S2. The van der Waals surface area contributed by atoms with Crippen LogP contribution in [0.1, 0.15) is 5.56 Å². The fraction of sp³-hybridized carbons (Fsp3) is 0.0909. The second-order valence-electron chi connectivity index (χ2n) is 3.75. The number of halogens is 3. The van der Waals surface area contributed by atoms with Gasteiger partial charge in [0.1, 0.15) is 13.6 Å². The molecule has 0 amide bonds. The molecule has 2 rings (SSSR count). The van der Waals surface area contributed by atoms with E-state index >= 15 is 0 Å². The summed E-state index contributed by atoms with van der Waals surface area (Å²) < 4.78 is 27.6. The van der Waals surface area contributed by atoms with Gasteiger partial charge in [-0.3, -0.25) is 4.72 Å². The predicted molar refractivity (Wildman–Crippen MR) is 85.2 cm³/mol. The first-order chi connectivity index (χ1) is 9.35. The lowest BCUT2D eigenvalue weighted by Gasteiger charge is -2.08. The van der Waals surface area contributed by atoms with E-state index in [0.717, 1.165) is 11.3 Å². The molecule has 0 aliphatic rings. The van der Waals surface area contributed by atoms with Crippen LogP contribution in [0.5, 0.6) is 0 Å². The molecule has 1 heterocycles. The minimum atomic E-state index is -3.84. The van der Waals surface area contributed by atoms with E-state index in [9.17, 15) is 8.42 Å². The lowest BCUT2D eigenvalue weighted by Crippen LogP contribution is -2.13. The summed E-state index contributed by atoms with van der Waals surface area (Å²) in [4.78, 5) is -0.0830. The number of sulfonamides is 1. The average molecular weight is 417 g/mol. The lowest BCUT2D eigenvalue weighted by molar-refractivity contribution is 0.282. The molecular weight excluding hydrogens is 409 g/mol. The molecule has 0 aliphatic carbocycles. The van der Waals surface area contributed by atoms with Gasteiger partial charge in [0.15, 0.2) is 0 Å². The second kappa shape index (κ2) is 6.21. The van der Waals surface area contributed by atoms with Crippen LogP contribution in [0.25, 0.3) is 0 Å². The number of benzene rings is 1. The molecule has 1 aromatic carbocycles. The second-order valence-corrected chi connectivity index (χ2v) is 8.39. The van der Waals surface area contributed by atoms with Crippen LogP contribution in [0.3, 0.4) is 0 Å². The molecule has 0 aliphatic heterocycles. The van der Waals surface area contributed by atoms with Crippen LogP contribution in [-0.2, 0) is 16.6 Å². The Bertz CT molecular complexity index is 729. The number of aliphatic hydroxyl groups excluding tert-OH is 1. The van der Waals surface area contributed by atoms with Crippen molar-refractivity contribution in [3.8, 4) is 0 Å². The number of aliphatic hydroxyl groups is 1. The van der Waals surface area contributed by atoms with Crippen molar-refractivity contribution in [3.05, 3.63) is 43.0 Å². The minimum Gasteiger partial charge on any atom is -0.392 e. The lowest BCUT2D eigenvalue weighted by atomic mass is 10.2. The molecule has 1 aromatic heterocycles. The molecule has 0 saturated heterocycles. The Balaban J connectivity index is 2.35. The summed E-state index contributed by atoms with van der Waals surface area (Å²) in [7, 11) is -3.84. The van der Waals surface area contributed by atoms with Gasteiger partial charge in [-0.25, -0.2) is 8.42 Å². The Morgan fingerprint density at radius 3 is 2.25 bits per heavy atom. The predicted octanol–water partition coefficient (Wildman–Crippen LogP) is 4.11. The molecule has 4 nitrogen and oxygen atoms in total. The van der Waals surface area contributed by atoms with E-state index in [4.69, 9.17) is 28.3 Å². The Hall–Kier alpha value is -0.310. The van der Waals surface area contributed by atoms with E-state index < -0.39 is 10.0 Å². The number of thiophene rings is 1. The van der Waals surface area contributed by atoms with Gasteiger partial charge in [0.05, 0.1) is 11.1 Å². The minimum absolute atomic E-state index is 0.0830. The van der Waals surface area contributed by atoms with E-state index in [1.807, 2.05) is 0 Å². The largest absolute Gasteiger partial charge is 0.392 e. The zero-order valence-corrected chi connectivity index (χ0v) is 14.5. The topological polar surface area (TPSA) is 66.4 Å². The van der Waals surface area contributed by atoms with Crippen molar-refractivity contribution < 1.29 is 13.5 Å². The first-order valence-electron chi connectivity index (χ1n) is 5.21. The summed E-state index contributed by atoms with van der Waals surface area (Å²) in [5.41, 5.74) is 1.05. The van der Waals surface area contributed by atoms with Gasteiger partial charge in [0, 0.05) is 5.69 Å². The molecule has 2 N–H and O–H groups in total. The summed E-state index contributed by atoms with van der Waals surface area (Å²) in [6, 6.07) is 6.35. The molecule has 9 heteroatoms. The fourth-order valence-corrected chi connectivity index (χ4v) is 6.07. The standard InChI is InChI=1S/C11H8BrCl2NO3S2/c12-8-9(11(14)19-10(8)13)20(17,18)15-7-3-1-6(5-16)2-4-7/h1-4,15-16H,5H2. The average Bonchev–Trinajstić information content (AvgIpc) is 2.64. The molecule has 2 aromatic rings. The van der Waals surface area contributed by atoms with Gasteiger partial charge in [-0.1, -0.05) is 35.3 Å². The summed E-state index contributed by atoms with van der Waals surface area (Å²) in [5.74, 6) is 0. The number of hydrogen-bond donors (Lipinski definition) is 2. The third-order valence-electron chi connectivity index (χ3n) is 2.39. The van der Waals surface area contributed by atoms with Gasteiger partial charge in [-0.05, 0) is 33.6 Å². The van der Waals surface area contributed by atoms with Crippen LogP contribution in [0, 0.1) is 0 Å². The normalized spacial score (nSPS) is 11.6. The highest BCUT2D eigenvalue weighted by molar-refractivity contribution is 9.10.